The summed E-state index contributed by atoms with van der Waals surface area (Å²) in [4.78, 5) is 32.5. The molecule has 0 unspecified atom stereocenters. The second-order valence-corrected chi connectivity index (χ2v) is 3.55. The third-order valence-corrected chi connectivity index (χ3v) is 2.33. The highest BCUT2D eigenvalue weighted by Crippen LogP contribution is 2.22. The van der Waals surface area contributed by atoms with Crippen LogP contribution in [0.2, 0.25) is 0 Å². The first-order valence-corrected chi connectivity index (χ1v) is 5.12. The van der Waals surface area contributed by atoms with E-state index in [9.17, 15) is 9.59 Å². The number of hydrogen-bond donors (Lipinski definition) is 0. The molecule has 1 aliphatic rings. The zero-order valence-corrected chi connectivity index (χ0v) is 9.67. The highest BCUT2D eigenvalue weighted by atomic mass is 16.7. The fourth-order valence-electron chi connectivity index (χ4n) is 1.60. The number of nitrogens with zero attached hydrogens (tertiary/aromatic N) is 2. The minimum Gasteiger partial charge on any atom is -0.380 e. The van der Waals surface area contributed by atoms with Crippen LogP contribution in [0, 0.1) is 12.3 Å². The summed E-state index contributed by atoms with van der Waals surface area (Å²) >= 11 is 0. The summed E-state index contributed by atoms with van der Waals surface area (Å²) in [6.45, 7) is 0.156. The van der Waals surface area contributed by atoms with Gasteiger partial charge in [0.05, 0.1) is 12.2 Å². The Kier molecular flexibility index (Phi) is 3.37. The Morgan fingerprint density at radius 2 is 2.22 bits per heavy atom. The minimum atomic E-state index is -0.603. The average Bonchev–Trinajstić information content (AvgIpc) is 2.60. The summed E-state index contributed by atoms with van der Waals surface area (Å²) < 4.78 is 4.93. The molecule has 0 atom stereocenters. The monoisotopic (exact) mass is 246 g/mol. The summed E-state index contributed by atoms with van der Waals surface area (Å²) in [5, 5.41) is 0.633. The lowest BCUT2D eigenvalue weighted by Crippen LogP contribution is -2.30. The largest absolute Gasteiger partial charge is 0.380 e. The number of aromatic nitrogens is 1. The maximum atomic E-state index is 11.9. The van der Waals surface area contributed by atoms with E-state index in [-0.39, 0.29) is 17.9 Å². The van der Waals surface area contributed by atoms with Crippen LogP contribution in [-0.2, 0) is 16.2 Å². The smallest absolute Gasteiger partial charge is 0.304 e. The van der Waals surface area contributed by atoms with Crippen LogP contribution in [0.15, 0.2) is 12.3 Å². The lowest BCUT2D eigenvalue weighted by molar-refractivity contribution is -0.0783. The van der Waals surface area contributed by atoms with Crippen molar-refractivity contribution in [2.45, 2.75) is 6.61 Å². The van der Waals surface area contributed by atoms with Gasteiger partial charge in [-0.15, -0.1) is 11.5 Å². The average molecular weight is 246 g/mol. The van der Waals surface area contributed by atoms with Gasteiger partial charge in [0.15, 0.2) is 0 Å². The van der Waals surface area contributed by atoms with E-state index in [0.717, 1.165) is 0 Å². The van der Waals surface area contributed by atoms with Crippen molar-refractivity contribution >= 4 is 11.8 Å². The number of rotatable bonds is 4. The first-order chi connectivity index (χ1) is 8.69. The molecule has 0 saturated heterocycles. The molecular formula is C12H10N2O4. The number of hydroxylamine groups is 2. The van der Waals surface area contributed by atoms with Crippen molar-refractivity contribution < 1.29 is 19.2 Å². The molecule has 18 heavy (non-hydrogen) atoms. The molecule has 0 radical (unpaired) electrons. The van der Waals surface area contributed by atoms with Crippen molar-refractivity contribution in [3.8, 4) is 12.3 Å². The molecule has 6 nitrogen and oxygen atoms in total. The number of pyridine rings is 1. The summed E-state index contributed by atoms with van der Waals surface area (Å²) in [6.07, 6.45) is 6.49. The van der Waals surface area contributed by atoms with E-state index in [4.69, 9.17) is 16.0 Å². The zero-order valence-electron chi connectivity index (χ0n) is 9.67. The Morgan fingerprint density at radius 1 is 1.44 bits per heavy atom. The van der Waals surface area contributed by atoms with Gasteiger partial charge in [0.2, 0.25) is 0 Å². The summed E-state index contributed by atoms with van der Waals surface area (Å²) in [6, 6.07) is 1.56. The van der Waals surface area contributed by atoms with Crippen LogP contribution in [-0.4, -0.2) is 35.6 Å². The van der Waals surface area contributed by atoms with E-state index in [1.807, 2.05) is 0 Å². The number of terminal acetylenes is 1. The van der Waals surface area contributed by atoms with Gasteiger partial charge in [-0.2, -0.15) is 0 Å². The van der Waals surface area contributed by atoms with Gasteiger partial charge in [-0.3, -0.25) is 9.59 Å². The van der Waals surface area contributed by atoms with E-state index in [2.05, 4.69) is 10.9 Å². The number of carbonyl (C=O) groups is 2. The van der Waals surface area contributed by atoms with Crippen molar-refractivity contribution in [3.63, 3.8) is 0 Å². The van der Waals surface area contributed by atoms with Crippen LogP contribution in [0.25, 0.3) is 0 Å². The molecule has 1 aromatic heterocycles. The maximum Gasteiger partial charge on any atom is 0.304 e. The third-order valence-electron chi connectivity index (χ3n) is 2.33. The van der Waals surface area contributed by atoms with Crippen molar-refractivity contribution in [2.75, 3.05) is 13.7 Å². The molecular weight excluding hydrogens is 236 g/mol. The Morgan fingerprint density at radius 3 is 2.89 bits per heavy atom. The molecule has 0 bridgehead atoms. The van der Waals surface area contributed by atoms with Gasteiger partial charge in [-0.25, -0.2) is 9.82 Å². The molecule has 1 aliphatic heterocycles. The van der Waals surface area contributed by atoms with Gasteiger partial charge in [0.1, 0.15) is 12.3 Å². The Hall–Kier alpha value is -2.23. The summed E-state index contributed by atoms with van der Waals surface area (Å²) in [5.74, 6) is 1.02. The van der Waals surface area contributed by atoms with Crippen molar-refractivity contribution in [2.24, 2.45) is 0 Å². The minimum absolute atomic E-state index is 0.0666. The number of methoxy groups -OCH3 is 1. The van der Waals surface area contributed by atoms with Gasteiger partial charge in [-0.1, -0.05) is 5.92 Å². The lowest BCUT2D eigenvalue weighted by Gasteiger charge is -2.09. The van der Waals surface area contributed by atoms with Gasteiger partial charge in [0, 0.05) is 13.3 Å². The molecule has 0 aliphatic carbocycles. The molecule has 92 valence electrons. The SMILES string of the molecule is C#CCON1C(=O)c2cc(COC)cnc2C1=O. The van der Waals surface area contributed by atoms with Crippen LogP contribution in [0.5, 0.6) is 0 Å². The molecule has 6 heteroatoms. The van der Waals surface area contributed by atoms with E-state index in [0.29, 0.717) is 17.2 Å². The summed E-state index contributed by atoms with van der Waals surface area (Å²) in [5.41, 5.74) is 0.972. The number of amides is 2. The quantitative estimate of drug-likeness (QED) is 0.567. The fraction of sp³-hybridized carbons (Fsp3) is 0.250. The standard InChI is InChI=1S/C12H10N2O4/c1-3-4-18-14-11(15)9-5-8(7-17-2)6-13-10(9)12(14)16/h1,5-6H,4,7H2,2H3. The van der Waals surface area contributed by atoms with Crippen molar-refractivity contribution in [3.05, 3.63) is 29.1 Å². The van der Waals surface area contributed by atoms with Crippen LogP contribution in [0.4, 0.5) is 0 Å². The zero-order chi connectivity index (χ0) is 13.1. The molecule has 2 amide bonds. The van der Waals surface area contributed by atoms with Crippen LogP contribution < -0.4 is 0 Å². The number of fused-ring (bicyclic) bond motifs is 1. The molecule has 2 rings (SSSR count). The molecule has 0 saturated carbocycles. The Labute approximate surface area is 103 Å². The topological polar surface area (TPSA) is 68.7 Å². The predicted molar refractivity (Wildman–Crippen MR) is 60.2 cm³/mol. The first-order valence-electron chi connectivity index (χ1n) is 5.12. The van der Waals surface area contributed by atoms with E-state index in [1.54, 1.807) is 6.07 Å². The predicted octanol–water partition coefficient (Wildman–Crippen LogP) is 0.389. The molecule has 2 heterocycles. The molecule has 1 aromatic rings. The van der Waals surface area contributed by atoms with Gasteiger partial charge in [0.25, 0.3) is 5.91 Å². The number of imide groups is 1. The first kappa shape index (κ1) is 12.2. The highest BCUT2D eigenvalue weighted by molar-refractivity contribution is 6.19. The van der Waals surface area contributed by atoms with Crippen molar-refractivity contribution in [1.82, 2.24) is 10.0 Å². The van der Waals surface area contributed by atoms with Crippen LogP contribution in [0.1, 0.15) is 26.4 Å². The van der Waals surface area contributed by atoms with Gasteiger partial charge in [-0.05, 0) is 11.6 Å². The lowest BCUT2D eigenvalue weighted by atomic mass is 10.1. The van der Waals surface area contributed by atoms with E-state index in [1.165, 1.54) is 13.3 Å². The van der Waals surface area contributed by atoms with Crippen LogP contribution in [0.3, 0.4) is 0 Å². The molecule has 0 aromatic carbocycles. The summed E-state index contributed by atoms with van der Waals surface area (Å²) in [7, 11) is 1.53. The highest BCUT2D eigenvalue weighted by Gasteiger charge is 2.38. The van der Waals surface area contributed by atoms with E-state index < -0.39 is 11.8 Å². The maximum absolute atomic E-state index is 11.9. The molecule has 0 spiro atoms. The number of ether oxygens (including phenoxy) is 1. The normalized spacial score (nSPS) is 13.7. The third kappa shape index (κ3) is 1.97. The second kappa shape index (κ2) is 4.96. The van der Waals surface area contributed by atoms with Gasteiger partial charge < -0.3 is 4.74 Å². The van der Waals surface area contributed by atoms with Crippen molar-refractivity contribution in [1.29, 1.82) is 0 Å². The molecule has 0 fully saturated rings. The van der Waals surface area contributed by atoms with Gasteiger partial charge >= 0.3 is 5.91 Å². The van der Waals surface area contributed by atoms with Crippen LogP contribution >= 0.6 is 0 Å². The molecule has 0 N–H and O–H groups in total. The number of hydrogen-bond acceptors (Lipinski definition) is 5. The Balaban J connectivity index is 2.31. The van der Waals surface area contributed by atoms with E-state index >= 15 is 0 Å². The fourth-order valence-corrected chi connectivity index (χ4v) is 1.60. The Bertz CT molecular complexity index is 547. The number of carbonyl (C=O) groups excluding carboxylic acids is 2. The second-order valence-electron chi connectivity index (χ2n) is 3.55.